The smallest absolute Gasteiger partial charge is 0.262 e. The van der Waals surface area contributed by atoms with Gasteiger partial charge in [0.25, 0.3) is 5.91 Å². The highest BCUT2D eigenvalue weighted by Crippen LogP contribution is 2.20. The molecule has 3 heteroatoms. The Hall–Kier alpha value is -1.27. The van der Waals surface area contributed by atoms with Gasteiger partial charge >= 0.3 is 0 Å². The number of amides is 1. The second-order valence-corrected chi connectivity index (χ2v) is 3.99. The van der Waals surface area contributed by atoms with E-state index in [1.54, 1.807) is 0 Å². The molecule has 1 N–H and O–H groups in total. The number of nitrogens with one attached hydrogen (secondary N) is 1. The van der Waals surface area contributed by atoms with Crippen LogP contribution in [-0.4, -0.2) is 12.5 Å². The third kappa shape index (κ3) is 2.33. The van der Waals surface area contributed by atoms with Gasteiger partial charge in [0.05, 0.1) is 11.4 Å². The van der Waals surface area contributed by atoms with Crippen molar-refractivity contribution >= 4 is 17.2 Å². The Morgan fingerprint density at radius 1 is 1.69 bits per heavy atom. The third-order valence-electron chi connectivity index (χ3n) is 1.74. The Balaban J connectivity index is 2.73. The molecular weight excluding hydrogens is 182 g/mol. The zero-order valence-electron chi connectivity index (χ0n) is 7.68. The number of hydrogen-bond donors (Lipinski definition) is 1. The van der Waals surface area contributed by atoms with Crippen molar-refractivity contribution in [2.75, 3.05) is 6.54 Å². The Morgan fingerprint density at radius 3 is 2.85 bits per heavy atom. The molecule has 0 bridgehead atoms. The lowest BCUT2D eigenvalue weighted by molar-refractivity contribution is 0.0962. The van der Waals surface area contributed by atoms with Gasteiger partial charge in [-0.3, -0.25) is 4.79 Å². The molecule has 0 aliphatic carbocycles. The summed E-state index contributed by atoms with van der Waals surface area (Å²) in [5.41, 5.74) is 1.15. The maximum Gasteiger partial charge on any atom is 0.262 e. The average molecular weight is 193 g/mol. The molecule has 0 aromatic carbocycles. The first-order valence-corrected chi connectivity index (χ1v) is 4.75. The lowest BCUT2D eigenvalue weighted by Gasteiger charge is -1.95. The largest absolute Gasteiger partial charge is 0.340 e. The van der Waals surface area contributed by atoms with Gasteiger partial charge in [0.1, 0.15) is 0 Å². The first-order valence-electron chi connectivity index (χ1n) is 3.94. The number of terminal acetylenes is 1. The van der Waals surface area contributed by atoms with E-state index in [0.717, 1.165) is 10.4 Å². The van der Waals surface area contributed by atoms with Gasteiger partial charge < -0.3 is 5.32 Å². The van der Waals surface area contributed by atoms with Crippen LogP contribution in [0.4, 0.5) is 0 Å². The Kier molecular flexibility index (Phi) is 3.10. The number of hydrogen-bond acceptors (Lipinski definition) is 2. The predicted octanol–water partition coefficient (Wildman–Crippen LogP) is 1.73. The maximum atomic E-state index is 11.4. The van der Waals surface area contributed by atoms with Crippen LogP contribution in [0.15, 0.2) is 6.07 Å². The van der Waals surface area contributed by atoms with Crippen molar-refractivity contribution in [3.8, 4) is 12.3 Å². The van der Waals surface area contributed by atoms with Crippen LogP contribution >= 0.6 is 11.3 Å². The topological polar surface area (TPSA) is 29.1 Å². The van der Waals surface area contributed by atoms with Gasteiger partial charge in [0.2, 0.25) is 0 Å². The van der Waals surface area contributed by atoms with Crippen LogP contribution in [-0.2, 0) is 0 Å². The van der Waals surface area contributed by atoms with Gasteiger partial charge in [-0.1, -0.05) is 5.92 Å². The van der Waals surface area contributed by atoms with Crippen molar-refractivity contribution in [1.29, 1.82) is 0 Å². The van der Waals surface area contributed by atoms with E-state index in [2.05, 4.69) is 11.2 Å². The zero-order chi connectivity index (χ0) is 9.84. The van der Waals surface area contributed by atoms with Crippen LogP contribution in [0.1, 0.15) is 20.1 Å². The zero-order valence-corrected chi connectivity index (χ0v) is 8.49. The molecule has 1 aromatic rings. The van der Waals surface area contributed by atoms with E-state index in [1.165, 1.54) is 16.2 Å². The Bertz CT molecular complexity index is 340. The summed E-state index contributed by atoms with van der Waals surface area (Å²) in [5, 5.41) is 2.62. The van der Waals surface area contributed by atoms with Crippen molar-refractivity contribution < 1.29 is 4.79 Å². The first-order chi connectivity index (χ1) is 6.15. The molecule has 1 rings (SSSR count). The van der Waals surface area contributed by atoms with Crippen LogP contribution in [0.25, 0.3) is 0 Å². The summed E-state index contributed by atoms with van der Waals surface area (Å²) in [6.07, 6.45) is 5.03. The minimum atomic E-state index is -0.0841. The molecule has 1 heterocycles. The van der Waals surface area contributed by atoms with E-state index < -0.39 is 0 Å². The molecule has 0 fully saturated rings. The third-order valence-corrected chi connectivity index (χ3v) is 2.89. The highest BCUT2D eigenvalue weighted by atomic mass is 32.1. The van der Waals surface area contributed by atoms with Gasteiger partial charge in [-0.05, 0) is 25.5 Å². The van der Waals surface area contributed by atoms with E-state index >= 15 is 0 Å². The van der Waals surface area contributed by atoms with E-state index in [9.17, 15) is 4.79 Å². The van der Waals surface area contributed by atoms with E-state index in [-0.39, 0.29) is 12.5 Å². The molecule has 68 valence electrons. The summed E-state index contributed by atoms with van der Waals surface area (Å²) in [4.78, 5) is 13.3. The predicted molar refractivity (Wildman–Crippen MR) is 55.0 cm³/mol. The molecule has 0 saturated heterocycles. The highest BCUT2D eigenvalue weighted by molar-refractivity contribution is 7.14. The molecule has 0 aliphatic rings. The van der Waals surface area contributed by atoms with E-state index in [1.807, 2.05) is 19.9 Å². The lowest BCUT2D eigenvalue weighted by atomic mass is 10.3. The number of carbonyl (C=O) groups is 1. The van der Waals surface area contributed by atoms with Gasteiger partial charge in [-0.2, -0.15) is 0 Å². The highest BCUT2D eigenvalue weighted by Gasteiger charge is 2.08. The Labute approximate surface area is 82.0 Å². The van der Waals surface area contributed by atoms with Crippen molar-refractivity contribution in [2.24, 2.45) is 0 Å². The van der Waals surface area contributed by atoms with Crippen LogP contribution < -0.4 is 5.32 Å². The molecule has 13 heavy (non-hydrogen) atoms. The van der Waals surface area contributed by atoms with Crippen LogP contribution in [0, 0.1) is 26.2 Å². The average Bonchev–Trinajstić information content (AvgIpc) is 2.43. The minimum Gasteiger partial charge on any atom is -0.340 e. The number of rotatable bonds is 2. The summed E-state index contributed by atoms with van der Waals surface area (Å²) in [6.45, 7) is 4.27. The first kappa shape index (κ1) is 9.82. The molecular formula is C10H11NOS. The maximum absolute atomic E-state index is 11.4. The molecule has 0 saturated carbocycles. The molecule has 0 aliphatic heterocycles. The van der Waals surface area contributed by atoms with Gasteiger partial charge in [0.15, 0.2) is 0 Å². The van der Waals surface area contributed by atoms with Gasteiger partial charge in [0, 0.05) is 4.88 Å². The fourth-order valence-electron chi connectivity index (χ4n) is 0.903. The fraction of sp³-hybridized carbons (Fsp3) is 0.300. The quantitative estimate of drug-likeness (QED) is 0.712. The standard InChI is InChI=1S/C10H11NOS/c1-4-5-11-10(12)9-6-7(2)8(3)13-9/h1,6H,5H2,2-3H3,(H,11,12). The molecule has 0 radical (unpaired) electrons. The summed E-state index contributed by atoms with van der Waals surface area (Å²) in [5.74, 6) is 2.28. The molecule has 1 amide bonds. The lowest BCUT2D eigenvalue weighted by Crippen LogP contribution is -2.22. The summed E-state index contributed by atoms with van der Waals surface area (Å²) >= 11 is 1.49. The Morgan fingerprint density at radius 2 is 2.38 bits per heavy atom. The number of carbonyl (C=O) groups excluding carboxylic acids is 1. The van der Waals surface area contributed by atoms with Crippen molar-refractivity contribution in [3.05, 3.63) is 21.4 Å². The monoisotopic (exact) mass is 193 g/mol. The number of thiophene rings is 1. The second-order valence-electron chi connectivity index (χ2n) is 2.74. The number of aryl methyl sites for hydroxylation is 2. The van der Waals surface area contributed by atoms with Crippen LogP contribution in [0.5, 0.6) is 0 Å². The van der Waals surface area contributed by atoms with E-state index in [0.29, 0.717) is 0 Å². The van der Waals surface area contributed by atoms with Crippen LogP contribution in [0.2, 0.25) is 0 Å². The molecule has 1 aromatic heterocycles. The molecule has 2 nitrogen and oxygen atoms in total. The molecule has 0 unspecified atom stereocenters. The molecule has 0 atom stereocenters. The minimum absolute atomic E-state index is 0.0841. The SMILES string of the molecule is C#CCNC(=O)c1cc(C)c(C)s1. The fourth-order valence-corrected chi connectivity index (χ4v) is 1.85. The summed E-state index contributed by atoms with van der Waals surface area (Å²) in [6, 6.07) is 1.88. The van der Waals surface area contributed by atoms with Crippen molar-refractivity contribution in [2.45, 2.75) is 13.8 Å². The summed E-state index contributed by atoms with van der Waals surface area (Å²) in [7, 11) is 0. The second kappa shape index (κ2) is 4.11. The van der Waals surface area contributed by atoms with Crippen molar-refractivity contribution in [1.82, 2.24) is 5.32 Å². The summed E-state index contributed by atoms with van der Waals surface area (Å²) < 4.78 is 0. The normalized spacial score (nSPS) is 9.31. The van der Waals surface area contributed by atoms with Crippen LogP contribution in [0.3, 0.4) is 0 Å². The van der Waals surface area contributed by atoms with Crippen molar-refractivity contribution in [3.63, 3.8) is 0 Å². The molecule has 0 spiro atoms. The van der Waals surface area contributed by atoms with Gasteiger partial charge in [-0.25, -0.2) is 0 Å². The van der Waals surface area contributed by atoms with E-state index in [4.69, 9.17) is 6.42 Å². The van der Waals surface area contributed by atoms with Gasteiger partial charge in [-0.15, -0.1) is 17.8 Å².